The van der Waals surface area contributed by atoms with Gasteiger partial charge in [0.25, 0.3) is 0 Å². The van der Waals surface area contributed by atoms with Crippen LogP contribution in [0.1, 0.15) is 24.6 Å². The number of rotatable bonds is 6. The van der Waals surface area contributed by atoms with E-state index in [9.17, 15) is 0 Å². The van der Waals surface area contributed by atoms with E-state index < -0.39 is 0 Å². The molecule has 0 aliphatic rings. The second kappa shape index (κ2) is 6.45. The molecule has 0 aromatic carbocycles. The van der Waals surface area contributed by atoms with Gasteiger partial charge < -0.3 is 15.7 Å². The molecular formula is C12H21N3O. The van der Waals surface area contributed by atoms with Gasteiger partial charge in [0.2, 0.25) is 0 Å². The van der Waals surface area contributed by atoms with Gasteiger partial charge in [-0.05, 0) is 26.3 Å². The summed E-state index contributed by atoms with van der Waals surface area (Å²) in [5, 5.41) is 8.87. The second-order valence-electron chi connectivity index (χ2n) is 3.80. The zero-order valence-corrected chi connectivity index (χ0v) is 10.1. The lowest BCUT2D eigenvalue weighted by molar-refractivity contribution is 0.289. The van der Waals surface area contributed by atoms with Crippen LogP contribution in [0, 0.1) is 6.92 Å². The van der Waals surface area contributed by atoms with Crippen molar-refractivity contribution >= 4 is 5.82 Å². The topological polar surface area (TPSA) is 62.4 Å². The van der Waals surface area contributed by atoms with E-state index >= 15 is 0 Å². The van der Waals surface area contributed by atoms with E-state index in [2.05, 4.69) is 16.8 Å². The van der Waals surface area contributed by atoms with E-state index in [-0.39, 0.29) is 6.61 Å². The number of hydrogen-bond donors (Lipinski definition) is 2. The Morgan fingerprint density at radius 1 is 1.44 bits per heavy atom. The molecule has 1 rings (SSSR count). The average molecular weight is 223 g/mol. The lowest BCUT2D eigenvalue weighted by Gasteiger charge is -2.24. The zero-order chi connectivity index (χ0) is 12.0. The SMILES string of the molecule is CCN(CCCO)c1nc(C)ccc1CN. The molecule has 90 valence electrons. The fraction of sp³-hybridized carbons (Fsp3) is 0.583. The largest absolute Gasteiger partial charge is 0.396 e. The van der Waals surface area contributed by atoms with Crippen molar-refractivity contribution in [1.29, 1.82) is 0 Å². The summed E-state index contributed by atoms with van der Waals surface area (Å²) in [5.41, 5.74) is 7.76. The summed E-state index contributed by atoms with van der Waals surface area (Å²) >= 11 is 0. The maximum Gasteiger partial charge on any atom is 0.133 e. The number of aliphatic hydroxyl groups excluding tert-OH is 1. The van der Waals surface area contributed by atoms with E-state index in [1.165, 1.54) is 0 Å². The number of nitrogens with two attached hydrogens (primary N) is 1. The quantitative estimate of drug-likeness (QED) is 0.757. The number of hydrogen-bond acceptors (Lipinski definition) is 4. The van der Waals surface area contributed by atoms with E-state index in [4.69, 9.17) is 10.8 Å². The summed E-state index contributed by atoms with van der Waals surface area (Å²) in [5.74, 6) is 0.957. The molecule has 4 heteroatoms. The molecular weight excluding hydrogens is 202 g/mol. The maximum atomic E-state index is 8.87. The van der Waals surface area contributed by atoms with Crippen LogP contribution in [0.25, 0.3) is 0 Å². The van der Waals surface area contributed by atoms with Crippen molar-refractivity contribution in [2.24, 2.45) is 5.73 Å². The van der Waals surface area contributed by atoms with Gasteiger partial charge in [0.05, 0.1) is 0 Å². The van der Waals surface area contributed by atoms with Crippen molar-refractivity contribution in [2.45, 2.75) is 26.8 Å². The summed E-state index contributed by atoms with van der Waals surface area (Å²) in [6.45, 7) is 6.46. The number of aliphatic hydroxyl groups is 1. The molecule has 0 radical (unpaired) electrons. The first-order chi connectivity index (χ1) is 7.72. The standard InChI is InChI=1S/C12H21N3O/c1-3-15(7-4-8-16)12-11(9-13)6-5-10(2)14-12/h5-6,16H,3-4,7-9,13H2,1-2H3. The highest BCUT2D eigenvalue weighted by molar-refractivity contribution is 5.47. The molecule has 16 heavy (non-hydrogen) atoms. The Bertz CT molecular complexity index is 328. The van der Waals surface area contributed by atoms with Crippen LogP contribution in [0.2, 0.25) is 0 Å². The van der Waals surface area contributed by atoms with Crippen LogP contribution in [0.3, 0.4) is 0 Å². The molecule has 0 saturated carbocycles. The van der Waals surface area contributed by atoms with Crippen molar-refractivity contribution in [3.8, 4) is 0 Å². The summed E-state index contributed by atoms with van der Waals surface area (Å²) in [6, 6.07) is 4.00. The minimum Gasteiger partial charge on any atom is -0.396 e. The molecule has 0 fully saturated rings. The number of aryl methyl sites for hydroxylation is 1. The Kier molecular flexibility index (Phi) is 5.22. The van der Waals surface area contributed by atoms with Crippen molar-refractivity contribution in [3.05, 3.63) is 23.4 Å². The normalized spacial score (nSPS) is 10.5. The van der Waals surface area contributed by atoms with Crippen LogP contribution in [-0.2, 0) is 6.54 Å². The van der Waals surface area contributed by atoms with Gasteiger partial charge in [-0.25, -0.2) is 4.98 Å². The number of pyridine rings is 1. The smallest absolute Gasteiger partial charge is 0.133 e. The molecule has 3 N–H and O–H groups in total. The Hall–Kier alpha value is -1.13. The number of aromatic nitrogens is 1. The molecule has 0 atom stereocenters. The molecule has 4 nitrogen and oxygen atoms in total. The summed E-state index contributed by atoms with van der Waals surface area (Å²) in [7, 11) is 0. The highest BCUT2D eigenvalue weighted by Gasteiger charge is 2.10. The van der Waals surface area contributed by atoms with Crippen LogP contribution in [-0.4, -0.2) is 29.8 Å². The van der Waals surface area contributed by atoms with Crippen LogP contribution < -0.4 is 10.6 Å². The zero-order valence-electron chi connectivity index (χ0n) is 10.1. The summed E-state index contributed by atoms with van der Waals surface area (Å²) in [6.07, 6.45) is 0.757. The first-order valence-corrected chi connectivity index (χ1v) is 5.75. The van der Waals surface area contributed by atoms with Crippen LogP contribution in [0.4, 0.5) is 5.82 Å². The number of anilines is 1. The number of nitrogens with zero attached hydrogens (tertiary/aromatic N) is 2. The Morgan fingerprint density at radius 2 is 2.19 bits per heavy atom. The molecule has 0 amide bonds. The van der Waals surface area contributed by atoms with E-state index in [0.29, 0.717) is 6.54 Å². The van der Waals surface area contributed by atoms with Crippen molar-refractivity contribution in [3.63, 3.8) is 0 Å². The lowest BCUT2D eigenvalue weighted by atomic mass is 10.2. The Labute approximate surface area is 97.1 Å². The maximum absolute atomic E-state index is 8.87. The molecule has 1 heterocycles. The van der Waals surface area contributed by atoms with E-state index in [0.717, 1.165) is 36.6 Å². The van der Waals surface area contributed by atoms with Gasteiger partial charge in [-0.15, -0.1) is 0 Å². The molecule has 0 unspecified atom stereocenters. The molecule has 0 saturated heterocycles. The highest BCUT2D eigenvalue weighted by atomic mass is 16.3. The first-order valence-electron chi connectivity index (χ1n) is 5.75. The van der Waals surface area contributed by atoms with Gasteiger partial charge in [0.1, 0.15) is 5.82 Å². The average Bonchev–Trinajstić information content (AvgIpc) is 2.30. The predicted octanol–water partition coefficient (Wildman–Crippen LogP) is 1.06. The predicted molar refractivity (Wildman–Crippen MR) is 66.5 cm³/mol. The van der Waals surface area contributed by atoms with E-state index in [1.807, 2.05) is 19.1 Å². The third-order valence-corrected chi connectivity index (χ3v) is 2.58. The lowest BCUT2D eigenvalue weighted by Crippen LogP contribution is -2.27. The third-order valence-electron chi connectivity index (χ3n) is 2.58. The van der Waals surface area contributed by atoms with Gasteiger partial charge in [-0.3, -0.25) is 0 Å². The molecule has 1 aromatic heterocycles. The van der Waals surface area contributed by atoms with Crippen LogP contribution >= 0.6 is 0 Å². The van der Waals surface area contributed by atoms with Gasteiger partial charge in [0.15, 0.2) is 0 Å². The molecule has 1 aromatic rings. The van der Waals surface area contributed by atoms with Gasteiger partial charge in [-0.2, -0.15) is 0 Å². The van der Waals surface area contributed by atoms with Crippen LogP contribution in [0.15, 0.2) is 12.1 Å². The molecule has 0 bridgehead atoms. The summed E-state index contributed by atoms with van der Waals surface area (Å²) in [4.78, 5) is 6.69. The van der Waals surface area contributed by atoms with Gasteiger partial charge >= 0.3 is 0 Å². The molecule has 0 aliphatic heterocycles. The van der Waals surface area contributed by atoms with Crippen LogP contribution in [0.5, 0.6) is 0 Å². The molecule has 0 spiro atoms. The minimum atomic E-state index is 0.209. The third kappa shape index (κ3) is 3.18. The van der Waals surface area contributed by atoms with Crippen molar-refractivity contribution in [2.75, 3.05) is 24.6 Å². The van der Waals surface area contributed by atoms with Crippen molar-refractivity contribution in [1.82, 2.24) is 4.98 Å². The fourth-order valence-electron chi connectivity index (χ4n) is 1.68. The van der Waals surface area contributed by atoms with Crippen molar-refractivity contribution < 1.29 is 5.11 Å². The molecule has 0 aliphatic carbocycles. The Morgan fingerprint density at radius 3 is 2.75 bits per heavy atom. The highest BCUT2D eigenvalue weighted by Crippen LogP contribution is 2.18. The van der Waals surface area contributed by atoms with E-state index in [1.54, 1.807) is 0 Å². The van der Waals surface area contributed by atoms with Gasteiger partial charge in [-0.1, -0.05) is 6.07 Å². The second-order valence-corrected chi connectivity index (χ2v) is 3.80. The summed E-state index contributed by atoms with van der Waals surface area (Å²) < 4.78 is 0. The monoisotopic (exact) mass is 223 g/mol. The van der Waals surface area contributed by atoms with Gasteiger partial charge in [0, 0.05) is 37.5 Å². The minimum absolute atomic E-state index is 0.209. The fourth-order valence-corrected chi connectivity index (χ4v) is 1.68. The first kappa shape index (κ1) is 12.9. The Balaban J connectivity index is 2.92.